The molecule has 0 spiro atoms. The number of hydrogen-bond acceptors (Lipinski definition) is 6. The summed E-state index contributed by atoms with van der Waals surface area (Å²) in [6.45, 7) is 4.73. The van der Waals surface area contributed by atoms with E-state index in [2.05, 4.69) is 29.4 Å². The third-order valence-electron chi connectivity index (χ3n) is 3.23. The molecule has 0 aliphatic rings. The number of nitrogens with zero attached hydrogens (tertiary/aromatic N) is 4. The molecule has 7 nitrogen and oxygen atoms in total. The van der Waals surface area contributed by atoms with Gasteiger partial charge in [0, 0.05) is 24.0 Å². The molecule has 108 valence electrons. The maximum absolute atomic E-state index is 6.01. The predicted octanol–water partition coefficient (Wildman–Crippen LogP) is 1.35. The quantitative estimate of drug-likeness (QED) is 0.799. The normalized spacial score (nSPS) is 12.8. The molecule has 4 N–H and O–H groups in total. The van der Waals surface area contributed by atoms with Gasteiger partial charge in [0.2, 0.25) is 0 Å². The van der Waals surface area contributed by atoms with Gasteiger partial charge in [0.25, 0.3) is 0 Å². The van der Waals surface area contributed by atoms with Crippen LogP contribution in [0.15, 0.2) is 18.2 Å². The van der Waals surface area contributed by atoms with E-state index in [4.69, 9.17) is 16.2 Å². The van der Waals surface area contributed by atoms with Gasteiger partial charge in [0.15, 0.2) is 5.82 Å². The van der Waals surface area contributed by atoms with Crippen LogP contribution >= 0.6 is 0 Å². The standard InChI is InChI=1S/C13H20N6O/c1-8(2)12(7-20-3)19-13(16-17-18-19)10-5-4-9(14)6-11(10)15/h4-6,8,12H,7,14-15H2,1-3H3. The van der Waals surface area contributed by atoms with Gasteiger partial charge in [-0.15, -0.1) is 5.10 Å². The first-order valence-corrected chi connectivity index (χ1v) is 6.46. The Bertz CT molecular complexity index is 580. The fraction of sp³-hybridized carbons (Fsp3) is 0.462. The highest BCUT2D eigenvalue weighted by atomic mass is 16.5. The van der Waals surface area contributed by atoms with Crippen molar-refractivity contribution in [3.63, 3.8) is 0 Å². The van der Waals surface area contributed by atoms with Gasteiger partial charge in [-0.05, 0) is 34.5 Å². The van der Waals surface area contributed by atoms with E-state index in [1.54, 1.807) is 23.9 Å². The zero-order valence-electron chi connectivity index (χ0n) is 11.9. The molecule has 0 saturated heterocycles. The summed E-state index contributed by atoms with van der Waals surface area (Å²) in [5.41, 5.74) is 13.7. The van der Waals surface area contributed by atoms with Gasteiger partial charge in [-0.1, -0.05) is 13.8 Å². The minimum atomic E-state index is 0.0435. The number of benzene rings is 1. The topological polar surface area (TPSA) is 105 Å². The number of nitrogens with two attached hydrogens (primary N) is 2. The lowest BCUT2D eigenvalue weighted by Crippen LogP contribution is -2.22. The molecule has 0 saturated carbocycles. The molecule has 0 aliphatic carbocycles. The number of aromatic nitrogens is 4. The van der Waals surface area contributed by atoms with Crippen molar-refractivity contribution in [1.82, 2.24) is 20.2 Å². The van der Waals surface area contributed by atoms with Gasteiger partial charge in [0.05, 0.1) is 12.6 Å². The Kier molecular flexibility index (Phi) is 4.19. The number of tetrazole rings is 1. The van der Waals surface area contributed by atoms with E-state index < -0.39 is 0 Å². The largest absolute Gasteiger partial charge is 0.399 e. The van der Waals surface area contributed by atoms with Gasteiger partial charge in [-0.3, -0.25) is 0 Å². The molecular weight excluding hydrogens is 256 g/mol. The predicted molar refractivity (Wildman–Crippen MR) is 77.8 cm³/mol. The smallest absolute Gasteiger partial charge is 0.184 e. The number of ether oxygens (including phenoxy) is 1. The SMILES string of the molecule is COCC(C(C)C)n1nnnc1-c1ccc(N)cc1N. The van der Waals surface area contributed by atoms with Crippen LogP contribution in [0.1, 0.15) is 19.9 Å². The monoisotopic (exact) mass is 276 g/mol. The molecular formula is C13H20N6O. The van der Waals surface area contributed by atoms with E-state index in [0.29, 0.717) is 29.7 Å². The second-order valence-electron chi connectivity index (χ2n) is 5.06. The Morgan fingerprint density at radius 2 is 2.05 bits per heavy atom. The van der Waals surface area contributed by atoms with Crippen LogP contribution in [0.25, 0.3) is 11.4 Å². The molecule has 20 heavy (non-hydrogen) atoms. The molecule has 1 atom stereocenters. The Balaban J connectivity index is 2.46. The van der Waals surface area contributed by atoms with E-state index in [1.807, 2.05) is 6.07 Å². The molecule has 1 unspecified atom stereocenters. The third kappa shape index (κ3) is 2.72. The van der Waals surface area contributed by atoms with Crippen molar-refractivity contribution in [2.45, 2.75) is 19.9 Å². The van der Waals surface area contributed by atoms with Crippen LogP contribution in [0.4, 0.5) is 11.4 Å². The molecule has 2 aromatic rings. The van der Waals surface area contributed by atoms with E-state index >= 15 is 0 Å². The van der Waals surface area contributed by atoms with Crippen LogP contribution in [0.3, 0.4) is 0 Å². The molecule has 0 radical (unpaired) electrons. The van der Waals surface area contributed by atoms with Gasteiger partial charge < -0.3 is 16.2 Å². The zero-order valence-corrected chi connectivity index (χ0v) is 11.9. The molecule has 0 fully saturated rings. The summed E-state index contributed by atoms with van der Waals surface area (Å²) in [6.07, 6.45) is 0. The van der Waals surface area contributed by atoms with Gasteiger partial charge >= 0.3 is 0 Å². The van der Waals surface area contributed by atoms with E-state index in [9.17, 15) is 0 Å². The number of anilines is 2. The summed E-state index contributed by atoms with van der Waals surface area (Å²) < 4.78 is 7.02. The van der Waals surface area contributed by atoms with Crippen LogP contribution in [-0.4, -0.2) is 33.9 Å². The van der Waals surface area contributed by atoms with Gasteiger partial charge in [0.1, 0.15) is 0 Å². The summed E-state index contributed by atoms with van der Waals surface area (Å²) in [4.78, 5) is 0. The first-order valence-electron chi connectivity index (χ1n) is 6.46. The van der Waals surface area contributed by atoms with Crippen molar-refractivity contribution in [3.8, 4) is 11.4 Å². The van der Waals surface area contributed by atoms with Crippen molar-refractivity contribution in [1.29, 1.82) is 0 Å². The minimum absolute atomic E-state index is 0.0435. The van der Waals surface area contributed by atoms with Crippen LogP contribution in [0.2, 0.25) is 0 Å². The summed E-state index contributed by atoms with van der Waals surface area (Å²) in [5.74, 6) is 0.949. The summed E-state index contributed by atoms with van der Waals surface area (Å²) >= 11 is 0. The van der Waals surface area contributed by atoms with Gasteiger partial charge in [-0.2, -0.15) is 0 Å². The fourth-order valence-electron chi connectivity index (χ4n) is 2.10. The van der Waals surface area contributed by atoms with Crippen molar-refractivity contribution in [3.05, 3.63) is 18.2 Å². The van der Waals surface area contributed by atoms with E-state index in [1.165, 1.54) is 0 Å². The second-order valence-corrected chi connectivity index (χ2v) is 5.06. The highest BCUT2D eigenvalue weighted by molar-refractivity contribution is 5.74. The van der Waals surface area contributed by atoms with Gasteiger partial charge in [-0.25, -0.2) is 4.68 Å². The number of rotatable bonds is 5. The molecule has 1 aromatic carbocycles. The minimum Gasteiger partial charge on any atom is -0.399 e. The Morgan fingerprint density at radius 3 is 2.65 bits per heavy atom. The number of methoxy groups -OCH3 is 1. The van der Waals surface area contributed by atoms with Crippen molar-refractivity contribution >= 4 is 11.4 Å². The Labute approximate surface area is 117 Å². The zero-order chi connectivity index (χ0) is 14.7. The molecule has 1 heterocycles. The van der Waals surface area contributed by atoms with Crippen LogP contribution in [-0.2, 0) is 4.74 Å². The molecule has 0 bridgehead atoms. The van der Waals surface area contributed by atoms with E-state index in [-0.39, 0.29) is 6.04 Å². The van der Waals surface area contributed by atoms with Crippen molar-refractivity contribution in [2.75, 3.05) is 25.2 Å². The second kappa shape index (κ2) is 5.87. The molecule has 0 amide bonds. The Hall–Kier alpha value is -2.15. The lowest BCUT2D eigenvalue weighted by Gasteiger charge is -2.21. The van der Waals surface area contributed by atoms with E-state index in [0.717, 1.165) is 5.56 Å². The first-order chi connectivity index (χ1) is 9.54. The maximum atomic E-state index is 6.01. The average Bonchev–Trinajstić information content (AvgIpc) is 2.84. The lowest BCUT2D eigenvalue weighted by atomic mass is 10.0. The summed E-state index contributed by atoms with van der Waals surface area (Å²) in [6, 6.07) is 5.36. The van der Waals surface area contributed by atoms with Crippen LogP contribution in [0.5, 0.6) is 0 Å². The Morgan fingerprint density at radius 1 is 1.30 bits per heavy atom. The fourth-order valence-corrected chi connectivity index (χ4v) is 2.10. The first kappa shape index (κ1) is 14.3. The highest BCUT2D eigenvalue weighted by Crippen LogP contribution is 2.29. The highest BCUT2D eigenvalue weighted by Gasteiger charge is 2.22. The third-order valence-corrected chi connectivity index (χ3v) is 3.23. The summed E-state index contributed by atoms with van der Waals surface area (Å²) in [5, 5.41) is 11.9. The molecule has 1 aromatic heterocycles. The van der Waals surface area contributed by atoms with Crippen molar-refractivity contribution in [2.24, 2.45) is 5.92 Å². The molecule has 2 rings (SSSR count). The van der Waals surface area contributed by atoms with Crippen LogP contribution in [0, 0.1) is 5.92 Å². The molecule has 7 heteroatoms. The van der Waals surface area contributed by atoms with Crippen LogP contribution < -0.4 is 11.5 Å². The summed E-state index contributed by atoms with van der Waals surface area (Å²) in [7, 11) is 1.66. The number of nitrogen functional groups attached to an aromatic ring is 2. The lowest BCUT2D eigenvalue weighted by molar-refractivity contribution is 0.126. The number of hydrogen-bond donors (Lipinski definition) is 2. The molecule has 0 aliphatic heterocycles. The average molecular weight is 276 g/mol. The van der Waals surface area contributed by atoms with Crippen molar-refractivity contribution < 1.29 is 4.74 Å². The maximum Gasteiger partial charge on any atom is 0.184 e.